The Kier molecular flexibility index (Phi) is 5.85. The number of carbonyl (C=O) groups excluding carboxylic acids is 2. The molecule has 5 rings (SSSR count). The van der Waals surface area contributed by atoms with E-state index in [-0.39, 0.29) is 17.6 Å². The monoisotopic (exact) mass is 440 g/mol. The lowest BCUT2D eigenvalue weighted by Gasteiger charge is -2.27. The molecule has 0 bridgehead atoms. The minimum absolute atomic E-state index is 0.0696. The standard InChI is InChI=1S/C22H28N6O2S/c29-19(23-16-6-8-17(9-7-16)27-14-4-5-20(27)30)15-31-22-25-24-21(28(22)18-10-11-18)26-12-2-1-3-13-26/h6-9,18H,1-5,10-15H2,(H,23,29). The molecule has 1 saturated carbocycles. The maximum absolute atomic E-state index is 12.5. The van der Waals surface area contributed by atoms with Crippen molar-refractivity contribution >= 4 is 40.9 Å². The molecule has 3 aliphatic rings. The molecule has 1 aromatic heterocycles. The normalized spacial score (nSPS) is 19.2. The van der Waals surface area contributed by atoms with Gasteiger partial charge in [0.25, 0.3) is 0 Å². The van der Waals surface area contributed by atoms with Gasteiger partial charge < -0.3 is 15.1 Å². The summed E-state index contributed by atoms with van der Waals surface area (Å²) in [5.41, 5.74) is 1.62. The number of amides is 2. The molecule has 3 heterocycles. The molecule has 164 valence electrons. The van der Waals surface area contributed by atoms with Crippen LogP contribution in [0.5, 0.6) is 0 Å². The molecule has 2 aliphatic heterocycles. The number of nitrogens with zero attached hydrogens (tertiary/aromatic N) is 5. The van der Waals surface area contributed by atoms with Crippen molar-refractivity contribution in [3.05, 3.63) is 24.3 Å². The second-order valence-electron chi connectivity index (χ2n) is 8.46. The van der Waals surface area contributed by atoms with Crippen LogP contribution in [-0.4, -0.2) is 52.0 Å². The number of nitrogens with one attached hydrogen (secondary N) is 1. The zero-order valence-corrected chi connectivity index (χ0v) is 18.4. The molecule has 9 heteroatoms. The minimum atomic E-state index is -0.0696. The smallest absolute Gasteiger partial charge is 0.234 e. The van der Waals surface area contributed by atoms with Crippen LogP contribution in [0.3, 0.4) is 0 Å². The Balaban J connectivity index is 1.19. The Morgan fingerprint density at radius 1 is 1.03 bits per heavy atom. The van der Waals surface area contributed by atoms with Crippen LogP contribution in [0.1, 0.15) is 51.0 Å². The summed E-state index contributed by atoms with van der Waals surface area (Å²) >= 11 is 1.45. The molecule has 2 aromatic rings. The van der Waals surface area contributed by atoms with Gasteiger partial charge in [-0.25, -0.2) is 0 Å². The second kappa shape index (κ2) is 8.90. The van der Waals surface area contributed by atoms with Gasteiger partial charge in [0.2, 0.25) is 17.8 Å². The number of hydrogen-bond donors (Lipinski definition) is 1. The van der Waals surface area contributed by atoms with E-state index >= 15 is 0 Å². The van der Waals surface area contributed by atoms with Gasteiger partial charge in [-0.15, -0.1) is 10.2 Å². The molecule has 1 aromatic carbocycles. The van der Waals surface area contributed by atoms with Crippen molar-refractivity contribution in [2.24, 2.45) is 0 Å². The molecule has 0 radical (unpaired) electrons. The second-order valence-corrected chi connectivity index (χ2v) is 9.41. The third-order valence-corrected chi connectivity index (χ3v) is 7.01. The van der Waals surface area contributed by atoms with Gasteiger partial charge in [-0.05, 0) is 62.8 Å². The van der Waals surface area contributed by atoms with Gasteiger partial charge in [0.15, 0.2) is 5.16 Å². The summed E-state index contributed by atoms with van der Waals surface area (Å²) in [6.07, 6.45) is 7.51. The highest BCUT2D eigenvalue weighted by Crippen LogP contribution is 2.41. The van der Waals surface area contributed by atoms with E-state index < -0.39 is 0 Å². The number of hydrogen-bond acceptors (Lipinski definition) is 6. The number of rotatable bonds is 7. The molecular weight excluding hydrogens is 412 g/mol. The molecule has 31 heavy (non-hydrogen) atoms. The van der Waals surface area contributed by atoms with Crippen molar-refractivity contribution in [3.63, 3.8) is 0 Å². The van der Waals surface area contributed by atoms with Gasteiger partial charge in [-0.1, -0.05) is 11.8 Å². The number of piperidine rings is 1. The lowest BCUT2D eigenvalue weighted by atomic mass is 10.1. The quantitative estimate of drug-likeness (QED) is 0.664. The van der Waals surface area contributed by atoms with Crippen LogP contribution in [0.4, 0.5) is 17.3 Å². The number of thioether (sulfide) groups is 1. The predicted octanol–water partition coefficient (Wildman–Crippen LogP) is 3.46. The summed E-state index contributed by atoms with van der Waals surface area (Å²) in [6, 6.07) is 7.95. The van der Waals surface area contributed by atoms with E-state index in [1.165, 1.54) is 31.0 Å². The Hall–Kier alpha value is -2.55. The first-order valence-electron chi connectivity index (χ1n) is 11.2. The molecule has 0 spiro atoms. The summed E-state index contributed by atoms with van der Waals surface area (Å²) in [4.78, 5) is 28.5. The Bertz CT molecular complexity index is 949. The Morgan fingerprint density at radius 3 is 2.48 bits per heavy atom. The number of aromatic nitrogens is 3. The van der Waals surface area contributed by atoms with Crippen LogP contribution in [-0.2, 0) is 9.59 Å². The SMILES string of the molecule is O=C(CSc1nnc(N2CCCCC2)n1C1CC1)Nc1ccc(N2CCCC2=O)cc1. The Labute approximate surface area is 186 Å². The molecule has 0 atom stereocenters. The molecule has 8 nitrogen and oxygen atoms in total. The van der Waals surface area contributed by atoms with Crippen molar-refractivity contribution < 1.29 is 9.59 Å². The van der Waals surface area contributed by atoms with Gasteiger partial charge >= 0.3 is 0 Å². The van der Waals surface area contributed by atoms with Gasteiger partial charge in [0, 0.05) is 43.5 Å². The van der Waals surface area contributed by atoms with Crippen LogP contribution in [0.15, 0.2) is 29.4 Å². The van der Waals surface area contributed by atoms with Crippen LogP contribution >= 0.6 is 11.8 Å². The summed E-state index contributed by atoms with van der Waals surface area (Å²) in [5, 5.41) is 12.7. The third kappa shape index (κ3) is 4.56. The first-order valence-corrected chi connectivity index (χ1v) is 12.2. The maximum Gasteiger partial charge on any atom is 0.234 e. The third-order valence-electron chi connectivity index (χ3n) is 6.07. The minimum Gasteiger partial charge on any atom is -0.341 e. The number of anilines is 3. The van der Waals surface area contributed by atoms with Gasteiger partial charge in [0.1, 0.15) is 0 Å². The van der Waals surface area contributed by atoms with E-state index in [1.807, 2.05) is 24.3 Å². The fraction of sp³-hybridized carbons (Fsp3) is 0.545. The first kappa shape index (κ1) is 20.4. The van der Waals surface area contributed by atoms with Gasteiger partial charge in [0.05, 0.1) is 5.75 Å². The predicted molar refractivity (Wildman–Crippen MR) is 122 cm³/mol. The molecule has 3 fully saturated rings. The molecule has 2 amide bonds. The molecular formula is C22H28N6O2S. The molecule has 2 saturated heterocycles. The van der Waals surface area contributed by atoms with Crippen LogP contribution in [0.2, 0.25) is 0 Å². The number of carbonyl (C=O) groups is 2. The summed E-state index contributed by atoms with van der Waals surface area (Å²) < 4.78 is 2.24. The highest BCUT2D eigenvalue weighted by Gasteiger charge is 2.32. The number of benzene rings is 1. The molecule has 1 N–H and O–H groups in total. The van der Waals surface area contributed by atoms with Gasteiger partial charge in [-0.3, -0.25) is 14.2 Å². The molecule has 0 unspecified atom stereocenters. The van der Waals surface area contributed by atoms with E-state index in [2.05, 4.69) is 25.0 Å². The van der Waals surface area contributed by atoms with E-state index in [0.29, 0.717) is 12.5 Å². The fourth-order valence-electron chi connectivity index (χ4n) is 4.30. The van der Waals surface area contributed by atoms with Crippen LogP contribution in [0.25, 0.3) is 0 Å². The van der Waals surface area contributed by atoms with E-state index in [9.17, 15) is 9.59 Å². The highest BCUT2D eigenvalue weighted by molar-refractivity contribution is 7.99. The van der Waals surface area contributed by atoms with Crippen molar-refractivity contribution in [1.82, 2.24) is 14.8 Å². The Morgan fingerprint density at radius 2 is 1.81 bits per heavy atom. The summed E-state index contributed by atoms with van der Waals surface area (Å²) in [7, 11) is 0. The fourth-order valence-corrected chi connectivity index (χ4v) is 5.10. The first-order chi connectivity index (χ1) is 15.2. The molecule has 1 aliphatic carbocycles. The largest absolute Gasteiger partial charge is 0.341 e. The lowest BCUT2D eigenvalue weighted by Crippen LogP contribution is -2.32. The van der Waals surface area contributed by atoms with Crippen molar-refractivity contribution in [2.75, 3.05) is 40.5 Å². The zero-order chi connectivity index (χ0) is 21.2. The highest BCUT2D eigenvalue weighted by atomic mass is 32.2. The van der Waals surface area contributed by atoms with E-state index in [4.69, 9.17) is 0 Å². The van der Waals surface area contributed by atoms with E-state index in [0.717, 1.165) is 61.4 Å². The van der Waals surface area contributed by atoms with Crippen molar-refractivity contribution in [1.29, 1.82) is 0 Å². The van der Waals surface area contributed by atoms with Crippen LogP contribution < -0.4 is 15.1 Å². The summed E-state index contributed by atoms with van der Waals surface area (Å²) in [5.74, 6) is 1.35. The van der Waals surface area contributed by atoms with Crippen LogP contribution in [0, 0.1) is 0 Å². The average molecular weight is 441 g/mol. The lowest BCUT2D eigenvalue weighted by molar-refractivity contribution is -0.117. The zero-order valence-electron chi connectivity index (χ0n) is 17.6. The van der Waals surface area contributed by atoms with Crippen molar-refractivity contribution in [2.45, 2.75) is 56.1 Å². The van der Waals surface area contributed by atoms with E-state index in [1.54, 1.807) is 4.90 Å². The summed E-state index contributed by atoms with van der Waals surface area (Å²) in [6.45, 7) is 2.84. The topological polar surface area (TPSA) is 83.4 Å². The van der Waals surface area contributed by atoms with Crippen molar-refractivity contribution in [3.8, 4) is 0 Å². The maximum atomic E-state index is 12.5. The van der Waals surface area contributed by atoms with Gasteiger partial charge in [-0.2, -0.15) is 0 Å². The average Bonchev–Trinajstić information content (AvgIpc) is 3.40.